The smallest absolute Gasteiger partial charge is 0.414 e. The zero-order chi connectivity index (χ0) is 23.0. The number of nitrogens with one attached hydrogen (secondary N) is 1. The Kier molecular flexibility index (Phi) is 9.39. The Hall–Kier alpha value is -3.00. The van der Waals surface area contributed by atoms with Crippen molar-refractivity contribution in [1.29, 1.82) is 0 Å². The van der Waals surface area contributed by atoms with E-state index in [1.165, 1.54) is 18.1 Å². The molecule has 160 valence electrons. The molecule has 2 rings (SSSR count). The molecule has 0 atom stereocenters. The maximum absolute atomic E-state index is 12.5. The van der Waals surface area contributed by atoms with Crippen LogP contribution in [0.3, 0.4) is 0 Å². The maximum Gasteiger partial charge on any atom is 0.414 e. The van der Waals surface area contributed by atoms with Gasteiger partial charge in [-0.1, -0.05) is 6.08 Å². The van der Waals surface area contributed by atoms with Crippen LogP contribution in [0.25, 0.3) is 6.08 Å². The van der Waals surface area contributed by atoms with Gasteiger partial charge < -0.3 is 19.7 Å². The maximum atomic E-state index is 12.5. The van der Waals surface area contributed by atoms with Crippen LogP contribution in [0.5, 0.6) is 11.5 Å². The summed E-state index contributed by atoms with van der Waals surface area (Å²) in [6.45, 7) is 3.81. The van der Waals surface area contributed by atoms with E-state index in [0.717, 1.165) is 3.57 Å². The van der Waals surface area contributed by atoms with Crippen molar-refractivity contribution in [3.63, 3.8) is 0 Å². The molecule has 0 radical (unpaired) electrons. The fourth-order valence-electron chi connectivity index (χ4n) is 2.18. The van der Waals surface area contributed by atoms with Gasteiger partial charge >= 0.3 is 11.9 Å². The number of halogens is 1. The molecule has 0 aliphatic carbocycles. The van der Waals surface area contributed by atoms with E-state index in [9.17, 15) is 9.59 Å². The molecule has 12 heteroatoms. The summed E-state index contributed by atoms with van der Waals surface area (Å²) in [5.41, 5.74) is 0.635. The lowest BCUT2D eigenvalue weighted by Gasteiger charge is -2.27. The quantitative estimate of drug-likeness (QED) is 0.124. The number of nitrogens with zero attached hydrogens (tertiary/aromatic N) is 1. The minimum Gasteiger partial charge on any atom is -0.493 e. The Labute approximate surface area is 190 Å². The molecule has 0 saturated carbocycles. The number of carbonyl (C=O) groups is 4. The lowest BCUT2D eigenvalue weighted by Crippen LogP contribution is -2.53. The van der Waals surface area contributed by atoms with Gasteiger partial charge in [-0.3, -0.25) is 19.8 Å². The van der Waals surface area contributed by atoms with Crippen molar-refractivity contribution in [3.8, 4) is 11.5 Å². The average molecular weight is 548 g/mol. The number of methoxy groups -OCH3 is 2. The van der Waals surface area contributed by atoms with Gasteiger partial charge in [-0.15, -0.1) is 6.58 Å². The second kappa shape index (κ2) is 11.3. The van der Waals surface area contributed by atoms with E-state index < -0.39 is 23.8 Å². The van der Waals surface area contributed by atoms with Crippen LogP contribution in [0.4, 0.5) is 0 Å². The van der Waals surface area contributed by atoms with E-state index >= 15 is 0 Å². The van der Waals surface area contributed by atoms with Crippen LogP contribution in [0.15, 0.2) is 30.4 Å². The first-order valence-electron chi connectivity index (χ1n) is 7.94. The Morgan fingerprint density at radius 2 is 1.83 bits per heavy atom. The summed E-state index contributed by atoms with van der Waals surface area (Å²) < 4.78 is 11.4. The van der Waals surface area contributed by atoms with E-state index in [1.54, 1.807) is 25.3 Å². The standard InChI is InChI=1S/C16H15IN2O4S.C2H2O4/c1-4-5-19-15(21)10(14(20)18-16(19)24)6-9-7-11(17)13(23-3)12(8-9)22-2;3-1(4)2(5)6/h4,6-8H,1,5H2,2-3H3,(H,18,20,24);(H,3,4)(H,5,6). The lowest BCUT2D eigenvalue weighted by atomic mass is 10.1. The topological polar surface area (TPSA) is 142 Å². The lowest BCUT2D eigenvalue weighted by molar-refractivity contribution is -0.159. The molecule has 1 aromatic rings. The average Bonchev–Trinajstić information content (AvgIpc) is 2.68. The largest absolute Gasteiger partial charge is 0.493 e. The first-order chi connectivity index (χ1) is 14.1. The van der Waals surface area contributed by atoms with Crippen molar-refractivity contribution in [2.75, 3.05) is 20.8 Å². The second-order valence-corrected chi connectivity index (χ2v) is 6.92. The number of ether oxygens (including phenoxy) is 2. The van der Waals surface area contributed by atoms with Crippen molar-refractivity contribution >= 4 is 69.8 Å². The molecule has 1 aromatic carbocycles. The first kappa shape index (κ1) is 25.0. The van der Waals surface area contributed by atoms with Gasteiger partial charge in [0, 0.05) is 6.54 Å². The Balaban J connectivity index is 0.000000656. The number of carbonyl (C=O) groups excluding carboxylic acids is 2. The summed E-state index contributed by atoms with van der Waals surface area (Å²) in [5.74, 6) is -3.54. The van der Waals surface area contributed by atoms with Crippen LogP contribution in [-0.4, -0.2) is 64.7 Å². The zero-order valence-corrected chi connectivity index (χ0v) is 18.8. The van der Waals surface area contributed by atoms with Gasteiger partial charge in [0.25, 0.3) is 11.8 Å². The third-order valence-corrected chi connectivity index (χ3v) is 4.57. The Morgan fingerprint density at radius 3 is 2.30 bits per heavy atom. The number of amides is 2. The number of benzene rings is 1. The number of carboxylic acids is 2. The van der Waals surface area contributed by atoms with Crippen molar-refractivity contribution in [2.45, 2.75) is 0 Å². The van der Waals surface area contributed by atoms with Crippen LogP contribution in [0.1, 0.15) is 5.56 Å². The molecule has 1 aliphatic heterocycles. The van der Waals surface area contributed by atoms with Crippen LogP contribution in [-0.2, 0) is 19.2 Å². The molecule has 3 N–H and O–H groups in total. The van der Waals surface area contributed by atoms with Gasteiger partial charge in [-0.05, 0) is 58.6 Å². The monoisotopic (exact) mass is 548 g/mol. The SMILES string of the molecule is C=CCN1C(=O)C(=Cc2cc(I)c(OC)c(OC)c2)C(=O)NC1=S.O=C(O)C(=O)O. The third kappa shape index (κ3) is 6.25. The molecule has 0 unspecified atom stereocenters. The van der Waals surface area contributed by atoms with Crippen LogP contribution in [0, 0.1) is 3.57 Å². The molecule has 1 saturated heterocycles. The minimum absolute atomic E-state index is 0.00605. The van der Waals surface area contributed by atoms with E-state index in [2.05, 4.69) is 34.5 Å². The number of carboxylic acid groups (broad SMARTS) is 2. The Morgan fingerprint density at radius 1 is 1.23 bits per heavy atom. The fourth-order valence-corrected chi connectivity index (χ4v) is 3.27. The van der Waals surface area contributed by atoms with Gasteiger partial charge in [-0.2, -0.15) is 0 Å². The number of rotatable bonds is 5. The highest BCUT2D eigenvalue weighted by molar-refractivity contribution is 14.1. The second-order valence-electron chi connectivity index (χ2n) is 5.37. The normalized spacial score (nSPS) is 14.4. The molecular weight excluding hydrogens is 531 g/mol. The zero-order valence-electron chi connectivity index (χ0n) is 15.8. The molecular formula is C18H17IN2O8S. The molecule has 1 aliphatic rings. The van der Waals surface area contributed by atoms with Gasteiger partial charge in [0.05, 0.1) is 17.8 Å². The summed E-state index contributed by atoms with van der Waals surface area (Å²) in [4.78, 5) is 44.1. The molecule has 30 heavy (non-hydrogen) atoms. The number of hydrogen-bond donors (Lipinski definition) is 3. The Bertz CT molecular complexity index is 932. The molecule has 0 bridgehead atoms. The van der Waals surface area contributed by atoms with Gasteiger partial charge in [0.2, 0.25) is 0 Å². The summed E-state index contributed by atoms with van der Waals surface area (Å²) in [6.07, 6.45) is 3.04. The van der Waals surface area contributed by atoms with Gasteiger partial charge in [0.1, 0.15) is 5.57 Å². The third-order valence-electron chi connectivity index (χ3n) is 3.45. The first-order valence-corrected chi connectivity index (χ1v) is 9.43. The van der Waals surface area contributed by atoms with Crippen molar-refractivity contribution in [1.82, 2.24) is 10.2 Å². The highest BCUT2D eigenvalue weighted by Crippen LogP contribution is 2.34. The summed E-state index contributed by atoms with van der Waals surface area (Å²) in [7, 11) is 3.07. The van der Waals surface area contributed by atoms with Crippen molar-refractivity contribution in [2.24, 2.45) is 0 Å². The predicted octanol–water partition coefficient (Wildman–Crippen LogP) is 1.28. The molecule has 10 nitrogen and oxygen atoms in total. The van der Waals surface area contributed by atoms with Crippen molar-refractivity contribution in [3.05, 3.63) is 39.5 Å². The predicted molar refractivity (Wildman–Crippen MR) is 118 cm³/mol. The minimum atomic E-state index is -1.82. The number of hydrogen-bond acceptors (Lipinski definition) is 7. The van der Waals surface area contributed by atoms with Gasteiger partial charge in [-0.25, -0.2) is 9.59 Å². The summed E-state index contributed by atoms with van der Waals surface area (Å²) in [5, 5.41) is 17.4. The summed E-state index contributed by atoms with van der Waals surface area (Å²) >= 11 is 7.11. The molecule has 1 heterocycles. The van der Waals surface area contributed by atoms with Crippen LogP contribution in [0.2, 0.25) is 0 Å². The fraction of sp³-hybridized carbons (Fsp3) is 0.167. The van der Waals surface area contributed by atoms with Crippen molar-refractivity contribution < 1.29 is 38.9 Å². The molecule has 2 amide bonds. The number of thiocarbonyl (C=S) groups is 1. The van der Waals surface area contributed by atoms with E-state index in [-0.39, 0.29) is 17.2 Å². The summed E-state index contributed by atoms with van der Waals surface area (Å²) in [6, 6.07) is 3.49. The highest BCUT2D eigenvalue weighted by atomic mass is 127. The van der Waals surface area contributed by atoms with E-state index in [4.69, 9.17) is 41.5 Å². The highest BCUT2D eigenvalue weighted by Gasteiger charge is 2.32. The molecule has 0 aromatic heterocycles. The van der Waals surface area contributed by atoms with E-state index in [0.29, 0.717) is 17.1 Å². The van der Waals surface area contributed by atoms with E-state index in [1.807, 2.05) is 0 Å². The van der Waals surface area contributed by atoms with Crippen LogP contribution >= 0.6 is 34.8 Å². The number of aliphatic carboxylic acids is 2. The molecule has 1 fully saturated rings. The van der Waals surface area contributed by atoms with Crippen LogP contribution < -0.4 is 14.8 Å². The van der Waals surface area contributed by atoms with Gasteiger partial charge in [0.15, 0.2) is 16.6 Å². The molecule has 0 spiro atoms.